The lowest BCUT2D eigenvalue weighted by Gasteiger charge is -2.13. The van der Waals surface area contributed by atoms with Crippen LogP contribution in [0.3, 0.4) is 0 Å². The van der Waals surface area contributed by atoms with Crippen molar-refractivity contribution in [3.05, 3.63) is 46.1 Å². The molecular formula is C18H16O5. The van der Waals surface area contributed by atoms with E-state index in [2.05, 4.69) is 0 Å². The predicted molar refractivity (Wildman–Crippen MR) is 87.2 cm³/mol. The molecule has 0 fully saturated rings. The molecule has 0 unspecified atom stereocenters. The van der Waals surface area contributed by atoms with Crippen LogP contribution in [-0.4, -0.2) is 17.0 Å². The molecule has 23 heavy (non-hydrogen) atoms. The minimum atomic E-state index is -0.652. The molecule has 3 rings (SSSR count). The van der Waals surface area contributed by atoms with Gasteiger partial charge in [-0.25, -0.2) is 0 Å². The van der Waals surface area contributed by atoms with E-state index in [0.717, 1.165) is 5.56 Å². The van der Waals surface area contributed by atoms with Crippen LogP contribution in [0.2, 0.25) is 0 Å². The predicted octanol–water partition coefficient (Wildman–Crippen LogP) is 3.32. The average molecular weight is 312 g/mol. The number of aromatic hydroxyl groups is 1. The maximum absolute atomic E-state index is 12.6. The maximum atomic E-state index is 12.6. The monoisotopic (exact) mass is 312 g/mol. The molecule has 0 radical (unpaired) electrons. The second kappa shape index (κ2) is 5.43. The number of hydrogen-bond donors (Lipinski definition) is 1. The first-order chi connectivity index (χ1) is 10.9. The Hall–Kier alpha value is -2.82. The molecule has 0 aliphatic rings. The largest absolute Gasteiger partial charge is 0.507 e. The van der Waals surface area contributed by atoms with Gasteiger partial charge in [-0.1, -0.05) is 12.1 Å². The van der Waals surface area contributed by atoms with Crippen LogP contribution in [0.5, 0.6) is 11.5 Å². The molecule has 0 saturated carbocycles. The summed E-state index contributed by atoms with van der Waals surface area (Å²) in [5, 5.41) is 10.7. The number of carbonyl (C=O) groups is 1. The smallest absolute Gasteiger partial charge is 0.204 e. The average Bonchev–Trinajstić information content (AvgIpc) is 2.48. The van der Waals surface area contributed by atoms with Gasteiger partial charge < -0.3 is 14.3 Å². The van der Waals surface area contributed by atoms with Crippen LogP contribution >= 0.6 is 0 Å². The number of aryl methyl sites for hydroxylation is 1. The van der Waals surface area contributed by atoms with Crippen molar-refractivity contribution in [2.75, 3.05) is 0 Å². The number of ether oxygens (including phenoxy) is 1. The number of benzene rings is 2. The Bertz CT molecular complexity index is 984. The number of hydrogen-bond acceptors (Lipinski definition) is 5. The van der Waals surface area contributed by atoms with Crippen molar-refractivity contribution in [2.24, 2.45) is 0 Å². The molecule has 0 bridgehead atoms. The quantitative estimate of drug-likeness (QED) is 0.751. The molecule has 0 spiro atoms. The van der Waals surface area contributed by atoms with E-state index in [1.165, 1.54) is 19.1 Å². The highest BCUT2D eigenvalue weighted by atomic mass is 16.5. The van der Waals surface area contributed by atoms with Crippen LogP contribution in [0, 0.1) is 6.92 Å². The van der Waals surface area contributed by atoms with Crippen LogP contribution in [-0.2, 0) is 4.79 Å². The Kier molecular flexibility index (Phi) is 3.56. The fraction of sp³-hybridized carbons (Fsp3) is 0.222. The van der Waals surface area contributed by atoms with Gasteiger partial charge in [-0.2, -0.15) is 0 Å². The van der Waals surface area contributed by atoms with E-state index >= 15 is 0 Å². The number of ketones is 1. The number of fused-ring (bicyclic) bond motifs is 2. The van der Waals surface area contributed by atoms with E-state index < -0.39 is 6.10 Å². The van der Waals surface area contributed by atoms with Crippen molar-refractivity contribution in [1.29, 1.82) is 0 Å². The zero-order chi connectivity index (χ0) is 16.7. The molecule has 0 amide bonds. The van der Waals surface area contributed by atoms with Crippen molar-refractivity contribution in [3.63, 3.8) is 0 Å². The summed E-state index contributed by atoms with van der Waals surface area (Å²) in [4.78, 5) is 23.9. The van der Waals surface area contributed by atoms with Gasteiger partial charge in [0.2, 0.25) is 5.43 Å². The second-order valence-electron chi connectivity index (χ2n) is 5.57. The second-order valence-corrected chi connectivity index (χ2v) is 5.57. The summed E-state index contributed by atoms with van der Waals surface area (Å²) in [6.07, 6.45) is -0.652. The van der Waals surface area contributed by atoms with Gasteiger partial charge in [0.25, 0.3) is 0 Å². The number of Topliss-reactive ketones (excluding diaryl/α,β-unsaturated/α-hetero) is 1. The summed E-state index contributed by atoms with van der Waals surface area (Å²) in [7, 11) is 0. The highest BCUT2D eigenvalue weighted by molar-refractivity contribution is 5.94. The molecule has 1 atom stereocenters. The van der Waals surface area contributed by atoms with Gasteiger partial charge in [-0.15, -0.1) is 0 Å². The first kappa shape index (κ1) is 15.1. The fourth-order valence-corrected chi connectivity index (χ4v) is 2.45. The highest BCUT2D eigenvalue weighted by Gasteiger charge is 2.16. The molecule has 2 aromatic carbocycles. The molecule has 1 N–H and O–H groups in total. The van der Waals surface area contributed by atoms with Gasteiger partial charge in [0.1, 0.15) is 28.1 Å². The summed E-state index contributed by atoms with van der Waals surface area (Å²) < 4.78 is 11.3. The van der Waals surface area contributed by atoms with E-state index in [0.29, 0.717) is 11.0 Å². The molecule has 5 nitrogen and oxygen atoms in total. The lowest BCUT2D eigenvalue weighted by Crippen LogP contribution is -2.20. The van der Waals surface area contributed by atoms with Crippen molar-refractivity contribution in [1.82, 2.24) is 0 Å². The number of phenolic OH excluding ortho intramolecular Hbond substituents is 1. The number of para-hydroxylation sites is 1. The summed E-state index contributed by atoms with van der Waals surface area (Å²) in [5.74, 6) is -0.0976. The standard InChI is InChI=1S/C18H16O5/c1-9-5-4-6-13-17(21)16-14(20)7-12(22-11(3)10(2)19)8-15(16)23-18(9)13/h4-8,11,20H,1-3H3/t11-/m0/s1. The molecular weight excluding hydrogens is 296 g/mol. The molecule has 3 aromatic rings. The van der Waals surface area contributed by atoms with E-state index in [4.69, 9.17) is 9.15 Å². The van der Waals surface area contributed by atoms with Gasteiger partial charge in [-0.3, -0.25) is 9.59 Å². The SMILES string of the molecule is CC(=O)[C@H](C)Oc1cc(O)c2c(=O)c3cccc(C)c3oc2c1. The van der Waals surface area contributed by atoms with Crippen molar-refractivity contribution < 1.29 is 19.1 Å². The van der Waals surface area contributed by atoms with Crippen LogP contribution in [0.15, 0.2) is 39.5 Å². The molecule has 0 aliphatic carbocycles. The highest BCUT2D eigenvalue weighted by Crippen LogP contribution is 2.31. The third kappa shape index (κ3) is 2.54. The number of phenols is 1. The molecule has 0 saturated heterocycles. The van der Waals surface area contributed by atoms with E-state index in [9.17, 15) is 14.7 Å². The first-order valence-corrected chi connectivity index (χ1v) is 7.24. The van der Waals surface area contributed by atoms with E-state index in [1.54, 1.807) is 19.1 Å². The van der Waals surface area contributed by atoms with Crippen LogP contribution in [0.1, 0.15) is 19.4 Å². The number of rotatable bonds is 3. The topological polar surface area (TPSA) is 76.7 Å². The van der Waals surface area contributed by atoms with Gasteiger partial charge >= 0.3 is 0 Å². The maximum Gasteiger partial charge on any atom is 0.204 e. The Morgan fingerprint density at radius 3 is 2.74 bits per heavy atom. The lowest BCUT2D eigenvalue weighted by molar-refractivity contribution is -0.122. The molecule has 5 heteroatoms. The third-order valence-corrected chi connectivity index (χ3v) is 3.84. The third-order valence-electron chi connectivity index (χ3n) is 3.84. The molecule has 1 aromatic heterocycles. The first-order valence-electron chi connectivity index (χ1n) is 7.24. The summed E-state index contributed by atoms with van der Waals surface area (Å²) >= 11 is 0. The minimum Gasteiger partial charge on any atom is -0.507 e. The summed E-state index contributed by atoms with van der Waals surface area (Å²) in [5.41, 5.74) is 1.22. The molecule has 118 valence electrons. The van der Waals surface area contributed by atoms with Crippen LogP contribution < -0.4 is 10.2 Å². The van der Waals surface area contributed by atoms with E-state index in [1.807, 2.05) is 13.0 Å². The van der Waals surface area contributed by atoms with Gasteiger partial charge in [-0.05, 0) is 32.4 Å². The van der Waals surface area contributed by atoms with E-state index in [-0.39, 0.29) is 33.7 Å². The fourth-order valence-electron chi connectivity index (χ4n) is 2.45. The van der Waals surface area contributed by atoms with Crippen LogP contribution in [0.4, 0.5) is 0 Å². The minimum absolute atomic E-state index is 0.103. The van der Waals surface area contributed by atoms with Gasteiger partial charge in [0, 0.05) is 12.1 Å². The Morgan fingerprint density at radius 1 is 1.30 bits per heavy atom. The number of carbonyl (C=O) groups excluding carboxylic acids is 1. The lowest BCUT2D eigenvalue weighted by atomic mass is 10.1. The Balaban J connectivity index is 2.28. The van der Waals surface area contributed by atoms with Crippen molar-refractivity contribution in [3.8, 4) is 11.5 Å². The van der Waals surface area contributed by atoms with Crippen LogP contribution in [0.25, 0.3) is 21.9 Å². The summed E-state index contributed by atoms with van der Waals surface area (Å²) in [6.45, 7) is 4.88. The molecule has 0 aliphatic heterocycles. The summed E-state index contributed by atoms with van der Waals surface area (Å²) in [6, 6.07) is 8.11. The normalized spacial score (nSPS) is 12.5. The Labute approximate surface area is 132 Å². The zero-order valence-electron chi connectivity index (χ0n) is 13.0. The van der Waals surface area contributed by atoms with Gasteiger partial charge in [0.15, 0.2) is 11.9 Å². The Morgan fingerprint density at radius 2 is 2.04 bits per heavy atom. The zero-order valence-corrected chi connectivity index (χ0v) is 13.0. The molecule has 1 heterocycles. The van der Waals surface area contributed by atoms with Crippen molar-refractivity contribution >= 4 is 27.7 Å². The van der Waals surface area contributed by atoms with Crippen molar-refractivity contribution in [2.45, 2.75) is 26.9 Å². The van der Waals surface area contributed by atoms with Gasteiger partial charge in [0.05, 0.1) is 5.39 Å².